The summed E-state index contributed by atoms with van der Waals surface area (Å²) >= 11 is 0. The third kappa shape index (κ3) is 6.23. The Morgan fingerprint density at radius 2 is 1.95 bits per heavy atom. The maximum Gasteiger partial charge on any atom is 0.323 e. The average Bonchev–Trinajstić information content (AvgIpc) is 2.93. The highest BCUT2D eigenvalue weighted by atomic mass is 16.5. The zero-order valence-electron chi connectivity index (χ0n) is 12.3. The highest BCUT2D eigenvalue weighted by molar-refractivity contribution is 5.80. The van der Waals surface area contributed by atoms with E-state index in [-0.39, 0.29) is 18.6 Å². The molecule has 0 aliphatic heterocycles. The van der Waals surface area contributed by atoms with Crippen LogP contribution in [0, 0.1) is 0 Å². The van der Waals surface area contributed by atoms with Crippen LogP contribution in [-0.2, 0) is 9.53 Å². The van der Waals surface area contributed by atoms with Gasteiger partial charge in [0.1, 0.15) is 6.54 Å². The predicted molar refractivity (Wildman–Crippen MR) is 75.7 cm³/mol. The zero-order chi connectivity index (χ0) is 14.8. The number of amides is 2. The van der Waals surface area contributed by atoms with Gasteiger partial charge in [-0.2, -0.15) is 0 Å². The smallest absolute Gasteiger partial charge is 0.323 e. The summed E-state index contributed by atoms with van der Waals surface area (Å²) in [7, 11) is 1.67. The second-order valence-corrected chi connectivity index (χ2v) is 5.25. The number of aliphatic carboxylic acids is 1. The van der Waals surface area contributed by atoms with Gasteiger partial charge in [0.2, 0.25) is 0 Å². The van der Waals surface area contributed by atoms with E-state index in [1.54, 1.807) is 7.11 Å². The number of carboxylic acids is 1. The summed E-state index contributed by atoms with van der Waals surface area (Å²) in [6.07, 6.45) is 6.84. The molecule has 2 amide bonds. The van der Waals surface area contributed by atoms with Crippen molar-refractivity contribution < 1.29 is 19.4 Å². The van der Waals surface area contributed by atoms with Crippen molar-refractivity contribution in [3.8, 4) is 0 Å². The van der Waals surface area contributed by atoms with E-state index in [0.717, 1.165) is 51.6 Å². The molecule has 20 heavy (non-hydrogen) atoms. The summed E-state index contributed by atoms with van der Waals surface area (Å²) in [5, 5.41) is 11.8. The fraction of sp³-hybridized carbons (Fsp3) is 0.857. The van der Waals surface area contributed by atoms with E-state index in [1.807, 2.05) is 0 Å². The third-order valence-corrected chi connectivity index (χ3v) is 3.63. The number of rotatable bonds is 9. The summed E-state index contributed by atoms with van der Waals surface area (Å²) in [6, 6.07) is -0.161. The van der Waals surface area contributed by atoms with Gasteiger partial charge in [-0.1, -0.05) is 12.8 Å². The molecule has 1 fully saturated rings. The van der Waals surface area contributed by atoms with Crippen LogP contribution in [0.3, 0.4) is 0 Å². The molecular formula is C14H26N2O4. The molecule has 0 saturated heterocycles. The summed E-state index contributed by atoms with van der Waals surface area (Å²) in [5.41, 5.74) is 0. The van der Waals surface area contributed by atoms with Gasteiger partial charge in [0.15, 0.2) is 0 Å². The number of unbranched alkanes of at least 4 members (excludes halogenated alkanes) is 2. The topological polar surface area (TPSA) is 78.9 Å². The van der Waals surface area contributed by atoms with Gasteiger partial charge in [-0.15, -0.1) is 0 Å². The molecule has 0 heterocycles. The van der Waals surface area contributed by atoms with Crippen molar-refractivity contribution >= 4 is 12.0 Å². The van der Waals surface area contributed by atoms with E-state index in [0.29, 0.717) is 6.54 Å². The molecular weight excluding hydrogens is 260 g/mol. The van der Waals surface area contributed by atoms with Crippen LogP contribution in [-0.4, -0.2) is 54.9 Å². The molecule has 6 heteroatoms. The predicted octanol–water partition coefficient (Wildman–Crippen LogP) is 1.84. The number of hydrogen-bond acceptors (Lipinski definition) is 3. The van der Waals surface area contributed by atoms with Crippen molar-refractivity contribution in [3.05, 3.63) is 0 Å². The number of nitrogens with one attached hydrogen (secondary N) is 1. The summed E-state index contributed by atoms with van der Waals surface area (Å²) in [4.78, 5) is 24.4. The van der Waals surface area contributed by atoms with Gasteiger partial charge >= 0.3 is 12.0 Å². The van der Waals surface area contributed by atoms with Crippen LogP contribution in [0.4, 0.5) is 4.79 Å². The van der Waals surface area contributed by atoms with E-state index in [1.165, 1.54) is 4.90 Å². The van der Waals surface area contributed by atoms with Gasteiger partial charge in [-0.25, -0.2) is 4.79 Å². The lowest BCUT2D eigenvalue weighted by Gasteiger charge is -2.27. The minimum Gasteiger partial charge on any atom is -0.480 e. The maximum atomic E-state index is 12.1. The quantitative estimate of drug-likeness (QED) is 0.634. The normalized spacial score (nSPS) is 15.2. The molecule has 1 aliphatic rings. The highest BCUT2D eigenvalue weighted by Crippen LogP contribution is 2.23. The Morgan fingerprint density at radius 3 is 2.55 bits per heavy atom. The Balaban J connectivity index is 2.29. The Morgan fingerprint density at radius 1 is 1.25 bits per heavy atom. The first kappa shape index (κ1) is 16.8. The summed E-state index contributed by atoms with van der Waals surface area (Å²) in [5.74, 6) is -0.952. The molecule has 2 N–H and O–H groups in total. The lowest BCUT2D eigenvalue weighted by Crippen LogP contribution is -2.47. The lowest BCUT2D eigenvalue weighted by atomic mass is 10.2. The van der Waals surface area contributed by atoms with E-state index in [9.17, 15) is 9.59 Å². The summed E-state index contributed by atoms with van der Waals surface area (Å²) < 4.78 is 4.96. The number of carboxylic acid groups (broad SMARTS) is 1. The third-order valence-electron chi connectivity index (χ3n) is 3.63. The van der Waals surface area contributed by atoms with Gasteiger partial charge in [0.25, 0.3) is 0 Å². The Hall–Kier alpha value is -1.30. The van der Waals surface area contributed by atoms with Gasteiger partial charge < -0.3 is 20.1 Å². The van der Waals surface area contributed by atoms with Crippen molar-refractivity contribution in [2.24, 2.45) is 0 Å². The van der Waals surface area contributed by atoms with Crippen molar-refractivity contribution in [3.63, 3.8) is 0 Å². The first-order valence-electron chi connectivity index (χ1n) is 7.40. The Labute approximate surface area is 120 Å². The molecule has 1 saturated carbocycles. The van der Waals surface area contributed by atoms with Gasteiger partial charge in [0, 0.05) is 26.3 Å². The second kappa shape index (κ2) is 9.58. The number of urea groups is 1. The fourth-order valence-corrected chi connectivity index (χ4v) is 2.57. The molecule has 0 bridgehead atoms. The van der Waals surface area contributed by atoms with Crippen molar-refractivity contribution in [1.82, 2.24) is 10.2 Å². The maximum absolute atomic E-state index is 12.1. The van der Waals surface area contributed by atoms with Gasteiger partial charge in [-0.3, -0.25) is 4.79 Å². The molecule has 6 nitrogen and oxygen atoms in total. The van der Waals surface area contributed by atoms with E-state index in [2.05, 4.69) is 5.32 Å². The molecule has 0 unspecified atom stereocenters. The zero-order valence-corrected chi connectivity index (χ0v) is 12.3. The first-order valence-corrected chi connectivity index (χ1v) is 7.40. The summed E-state index contributed by atoms with van der Waals surface area (Å²) in [6.45, 7) is 1.12. The van der Waals surface area contributed by atoms with Crippen LogP contribution in [0.1, 0.15) is 44.9 Å². The molecule has 1 rings (SSSR count). The van der Waals surface area contributed by atoms with E-state index in [4.69, 9.17) is 9.84 Å². The first-order chi connectivity index (χ1) is 9.65. The fourth-order valence-electron chi connectivity index (χ4n) is 2.57. The molecule has 1 aliphatic carbocycles. The van der Waals surface area contributed by atoms with Crippen LogP contribution < -0.4 is 5.32 Å². The molecule has 0 aromatic rings. The minimum atomic E-state index is -0.952. The van der Waals surface area contributed by atoms with Gasteiger partial charge in [-0.05, 0) is 32.1 Å². The molecule has 0 atom stereocenters. The van der Waals surface area contributed by atoms with Crippen LogP contribution in [0.25, 0.3) is 0 Å². The van der Waals surface area contributed by atoms with Crippen molar-refractivity contribution in [1.29, 1.82) is 0 Å². The largest absolute Gasteiger partial charge is 0.480 e. The molecule has 0 radical (unpaired) electrons. The highest BCUT2D eigenvalue weighted by Gasteiger charge is 2.27. The Kier molecular flexibility index (Phi) is 8.02. The van der Waals surface area contributed by atoms with Crippen molar-refractivity contribution in [2.75, 3.05) is 26.8 Å². The number of carbonyl (C=O) groups is 2. The van der Waals surface area contributed by atoms with Crippen LogP contribution in [0.5, 0.6) is 0 Å². The van der Waals surface area contributed by atoms with Crippen LogP contribution in [0.2, 0.25) is 0 Å². The van der Waals surface area contributed by atoms with Crippen molar-refractivity contribution in [2.45, 2.75) is 51.0 Å². The molecule has 0 spiro atoms. The molecule has 116 valence electrons. The number of nitrogens with zero attached hydrogens (tertiary/aromatic N) is 1. The number of ether oxygens (including phenoxy) is 1. The Bertz CT molecular complexity index is 304. The molecule has 0 aromatic carbocycles. The number of hydrogen-bond donors (Lipinski definition) is 2. The lowest BCUT2D eigenvalue weighted by molar-refractivity contribution is -0.138. The number of carbonyl (C=O) groups excluding carboxylic acids is 1. The average molecular weight is 286 g/mol. The second-order valence-electron chi connectivity index (χ2n) is 5.25. The SMILES string of the molecule is COCCCCCNC(=O)N(CC(=O)O)C1CCCC1. The molecule has 0 aromatic heterocycles. The van der Waals surface area contributed by atoms with E-state index >= 15 is 0 Å². The van der Waals surface area contributed by atoms with E-state index < -0.39 is 5.97 Å². The van der Waals surface area contributed by atoms with Gasteiger partial charge in [0.05, 0.1) is 0 Å². The monoisotopic (exact) mass is 286 g/mol. The van der Waals surface area contributed by atoms with Crippen LogP contribution >= 0.6 is 0 Å². The standard InChI is InChI=1S/C14H26N2O4/c1-20-10-6-2-5-9-15-14(19)16(11-13(17)18)12-7-3-4-8-12/h12H,2-11H2,1H3,(H,15,19)(H,17,18). The van der Waals surface area contributed by atoms with Crippen LogP contribution in [0.15, 0.2) is 0 Å². The minimum absolute atomic E-state index is 0.0830. The number of methoxy groups -OCH3 is 1.